The summed E-state index contributed by atoms with van der Waals surface area (Å²) in [6.45, 7) is 5.26. The first-order valence-corrected chi connectivity index (χ1v) is 9.83. The summed E-state index contributed by atoms with van der Waals surface area (Å²) in [5.41, 5.74) is 0.869. The number of hydrogen-bond donors (Lipinski definition) is 0. The summed E-state index contributed by atoms with van der Waals surface area (Å²) in [7, 11) is -1.47. The first-order chi connectivity index (χ1) is 10.2. The Hall–Kier alpha value is -0.880. The third kappa shape index (κ3) is 2.95. The van der Waals surface area contributed by atoms with Crippen LogP contribution in [0.15, 0.2) is 12.3 Å². The van der Waals surface area contributed by atoms with Crippen LogP contribution in [0.1, 0.15) is 58.1 Å². The molecular weight excluding hydrogens is 298 g/mol. The van der Waals surface area contributed by atoms with Gasteiger partial charge in [-0.05, 0) is 50.0 Å². The molecule has 0 amide bonds. The maximum Gasteiger partial charge on any atom is 0.220 e. The molecule has 1 aromatic rings. The molecule has 5 nitrogen and oxygen atoms in total. The third-order valence-electron chi connectivity index (χ3n) is 5.50. The largest absolute Gasteiger partial charge is 0.276 e. The van der Waals surface area contributed by atoms with Gasteiger partial charge in [-0.3, -0.25) is 4.68 Å². The monoisotopic (exact) mass is 325 g/mol. The van der Waals surface area contributed by atoms with E-state index in [4.69, 9.17) is 0 Å². The molecule has 1 aliphatic carbocycles. The van der Waals surface area contributed by atoms with Gasteiger partial charge < -0.3 is 0 Å². The van der Waals surface area contributed by atoms with Crippen LogP contribution in [0.4, 0.5) is 0 Å². The minimum absolute atomic E-state index is 0.0268. The Morgan fingerprint density at radius 2 is 1.86 bits per heavy atom. The Morgan fingerprint density at radius 3 is 2.45 bits per heavy atom. The Morgan fingerprint density at radius 1 is 1.18 bits per heavy atom. The number of aromatic nitrogens is 2. The molecule has 3 rings (SSSR count). The fourth-order valence-electron chi connectivity index (χ4n) is 4.04. The maximum atomic E-state index is 12.9. The van der Waals surface area contributed by atoms with Crippen LogP contribution in [0.5, 0.6) is 0 Å². The van der Waals surface area contributed by atoms with E-state index in [-0.39, 0.29) is 11.3 Å². The highest BCUT2D eigenvalue weighted by Crippen LogP contribution is 2.48. The van der Waals surface area contributed by atoms with Crippen LogP contribution in [0.25, 0.3) is 0 Å². The predicted molar refractivity (Wildman–Crippen MR) is 86.8 cm³/mol. The average molecular weight is 325 g/mol. The van der Waals surface area contributed by atoms with Gasteiger partial charge in [0.1, 0.15) is 5.75 Å². The second kappa shape index (κ2) is 5.34. The first kappa shape index (κ1) is 16.0. The maximum absolute atomic E-state index is 12.9. The molecule has 124 valence electrons. The van der Waals surface area contributed by atoms with Crippen LogP contribution >= 0.6 is 0 Å². The van der Waals surface area contributed by atoms with Gasteiger partial charge >= 0.3 is 0 Å². The van der Waals surface area contributed by atoms with Crippen molar-refractivity contribution in [3.63, 3.8) is 0 Å². The Labute approximate surface area is 133 Å². The van der Waals surface area contributed by atoms with Crippen LogP contribution in [-0.2, 0) is 22.8 Å². The standard InChI is InChI=1S/C16H27N3O2S/c1-15(2)7-9-16(10-8-15)6-4-11-19(16)22(20,21)13-14-5-12-18(3)17-14/h5,12H,4,6-11,13H2,1-3H3. The lowest BCUT2D eigenvalue weighted by Crippen LogP contribution is -2.50. The van der Waals surface area contributed by atoms with Crippen molar-refractivity contribution in [3.05, 3.63) is 18.0 Å². The normalized spacial score (nSPS) is 24.9. The molecule has 0 unspecified atom stereocenters. The van der Waals surface area contributed by atoms with Gasteiger partial charge in [0.2, 0.25) is 10.0 Å². The topological polar surface area (TPSA) is 55.2 Å². The molecule has 2 heterocycles. The number of nitrogens with zero attached hydrogens (tertiary/aromatic N) is 3. The fourth-order valence-corrected chi connectivity index (χ4v) is 6.00. The molecule has 0 N–H and O–H groups in total. The average Bonchev–Trinajstić information content (AvgIpc) is 3.01. The zero-order chi connectivity index (χ0) is 16.0. The van der Waals surface area contributed by atoms with E-state index in [2.05, 4.69) is 18.9 Å². The zero-order valence-electron chi connectivity index (χ0n) is 13.9. The molecule has 1 aromatic heterocycles. The van der Waals surface area contributed by atoms with Crippen molar-refractivity contribution < 1.29 is 8.42 Å². The van der Waals surface area contributed by atoms with Crippen LogP contribution in [0.3, 0.4) is 0 Å². The van der Waals surface area contributed by atoms with E-state index >= 15 is 0 Å². The number of sulfonamides is 1. The third-order valence-corrected chi connectivity index (χ3v) is 7.40. The molecule has 1 aliphatic heterocycles. The van der Waals surface area contributed by atoms with Gasteiger partial charge in [-0.2, -0.15) is 9.40 Å². The highest BCUT2D eigenvalue weighted by atomic mass is 32.2. The quantitative estimate of drug-likeness (QED) is 0.858. The molecule has 1 spiro atoms. The second-order valence-corrected chi connectivity index (χ2v) is 9.69. The van der Waals surface area contributed by atoms with E-state index < -0.39 is 10.0 Å². The molecular formula is C16H27N3O2S. The van der Waals surface area contributed by atoms with Crippen LogP contribution < -0.4 is 0 Å². The molecule has 2 fully saturated rings. The summed E-state index contributed by atoms with van der Waals surface area (Å²) in [4.78, 5) is 0. The second-order valence-electron chi connectivity index (χ2n) is 7.80. The Bertz CT molecular complexity index is 638. The number of hydrogen-bond acceptors (Lipinski definition) is 3. The first-order valence-electron chi connectivity index (χ1n) is 8.22. The van der Waals surface area contributed by atoms with E-state index in [1.165, 1.54) is 0 Å². The zero-order valence-corrected chi connectivity index (χ0v) is 14.7. The summed E-state index contributed by atoms with van der Waals surface area (Å²) in [5.74, 6) is 0.0268. The minimum Gasteiger partial charge on any atom is -0.276 e. The molecule has 22 heavy (non-hydrogen) atoms. The van der Waals surface area contributed by atoms with Crippen LogP contribution in [-0.4, -0.2) is 34.6 Å². The lowest BCUT2D eigenvalue weighted by Gasteiger charge is -2.45. The fraction of sp³-hybridized carbons (Fsp3) is 0.812. The van der Waals surface area contributed by atoms with E-state index in [9.17, 15) is 8.42 Å². The lowest BCUT2D eigenvalue weighted by molar-refractivity contribution is 0.100. The summed E-state index contributed by atoms with van der Waals surface area (Å²) < 4.78 is 29.3. The number of aryl methyl sites for hydroxylation is 1. The van der Waals surface area contributed by atoms with Crippen molar-refractivity contribution in [2.45, 2.75) is 63.7 Å². The van der Waals surface area contributed by atoms with Gasteiger partial charge in [0.15, 0.2) is 0 Å². The molecule has 0 bridgehead atoms. The van der Waals surface area contributed by atoms with Crippen molar-refractivity contribution in [3.8, 4) is 0 Å². The van der Waals surface area contributed by atoms with Gasteiger partial charge in [0.05, 0.1) is 5.69 Å². The number of rotatable bonds is 3. The van der Waals surface area contributed by atoms with E-state index in [1.807, 2.05) is 11.4 Å². The van der Waals surface area contributed by atoms with Gasteiger partial charge in [-0.1, -0.05) is 13.8 Å². The molecule has 0 aromatic carbocycles. The van der Waals surface area contributed by atoms with Crippen molar-refractivity contribution >= 4 is 10.0 Å². The Kier molecular flexibility index (Phi) is 3.88. The SMILES string of the molecule is Cn1ccc(CS(=O)(=O)N2CCCC23CCC(C)(C)CC3)n1. The summed E-state index contributed by atoms with van der Waals surface area (Å²) in [6.07, 6.45) is 8.04. The molecule has 0 radical (unpaired) electrons. The Balaban J connectivity index is 1.80. The molecule has 2 aliphatic rings. The highest BCUT2D eigenvalue weighted by Gasteiger charge is 2.49. The summed E-state index contributed by atoms with van der Waals surface area (Å²) in [5, 5.41) is 4.23. The molecule has 0 atom stereocenters. The molecule has 6 heteroatoms. The molecule has 1 saturated carbocycles. The summed E-state index contributed by atoms with van der Waals surface area (Å²) >= 11 is 0. The smallest absolute Gasteiger partial charge is 0.220 e. The van der Waals surface area contributed by atoms with Crippen LogP contribution in [0.2, 0.25) is 0 Å². The van der Waals surface area contributed by atoms with Gasteiger partial charge in [0.25, 0.3) is 0 Å². The van der Waals surface area contributed by atoms with E-state index in [0.717, 1.165) is 38.5 Å². The van der Waals surface area contributed by atoms with Gasteiger partial charge in [0, 0.05) is 25.3 Å². The minimum atomic E-state index is -3.29. The molecule has 1 saturated heterocycles. The van der Waals surface area contributed by atoms with Gasteiger partial charge in [-0.25, -0.2) is 8.42 Å². The van der Waals surface area contributed by atoms with Crippen LogP contribution in [0, 0.1) is 5.41 Å². The van der Waals surface area contributed by atoms with Crippen molar-refractivity contribution in [2.75, 3.05) is 6.54 Å². The van der Waals surface area contributed by atoms with Crippen molar-refractivity contribution in [1.29, 1.82) is 0 Å². The summed E-state index contributed by atoms with van der Waals surface area (Å²) in [6, 6.07) is 1.80. The van der Waals surface area contributed by atoms with Crippen molar-refractivity contribution in [1.82, 2.24) is 14.1 Å². The van der Waals surface area contributed by atoms with Gasteiger partial charge in [-0.15, -0.1) is 0 Å². The van der Waals surface area contributed by atoms with E-state index in [1.54, 1.807) is 16.9 Å². The highest BCUT2D eigenvalue weighted by molar-refractivity contribution is 7.88. The lowest BCUT2D eigenvalue weighted by atomic mass is 9.69. The van der Waals surface area contributed by atoms with Crippen molar-refractivity contribution in [2.24, 2.45) is 12.5 Å². The van der Waals surface area contributed by atoms with E-state index in [0.29, 0.717) is 17.7 Å². The predicted octanol–water partition coefficient (Wildman–Crippen LogP) is 2.68.